The smallest absolute Gasteiger partial charge is 0.256 e. The predicted molar refractivity (Wildman–Crippen MR) is 51.6 cm³/mol. The summed E-state index contributed by atoms with van der Waals surface area (Å²) in [6, 6.07) is 0. The fourth-order valence-electron chi connectivity index (χ4n) is 0.788. The van der Waals surface area contributed by atoms with Gasteiger partial charge in [-0.05, 0) is 6.92 Å². The molecule has 13 heavy (non-hydrogen) atoms. The van der Waals surface area contributed by atoms with Gasteiger partial charge >= 0.3 is 0 Å². The number of nitrogens with one attached hydrogen (secondary N) is 1. The molecule has 0 aromatic carbocycles. The molecule has 1 aromatic rings. The highest BCUT2D eigenvalue weighted by Gasteiger charge is 2.11. The summed E-state index contributed by atoms with van der Waals surface area (Å²) in [6.45, 7) is 5.67. The maximum absolute atomic E-state index is 11.4. The van der Waals surface area contributed by atoms with Crippen LogP contribution in [0.1, 0.15) is 16.1 Å². The summed E-state index contributed by atoms with van der Waals surface area (Å²) < 4.78 is 5.47. The lowest BCUT2D eigenvalue weighted by molar-refractivity contribution is 0.0956. The molecule has 0 aliphatic carbocycles. The number of nitrogens with zero attached hydrogens (tertiary/aromatic N) is 1. The highest BCUT2D eigenvalue weighted by Crippen LogP contribution is 2.05. The van der Waals surface area contributed by atoms with Crippen LogP contribution in [0.15, 0.2) is 21.8 Å². The van der Waals surface area contributed by atoms with E-state index in [2.05, 4.69) is 33.0 Å². The highest BCUT2D eigenvalue weighted by atomic mass is 79.9. The number of hydrogen-bond donors (Lipinski definition) is 1. The second kappa shape index (κ2) is 4.23. The molecule has 0 aliphatic heterocycles. The molecule has 0 saturated heterocycles. The first-order chi connectivity index (χ1) is 6.11. The molecule has 1 aromatic heterocycles. The minimum Gasteiger partial charge on any atom is -0.361 e. The fraction of sp³-hybridized carbons (Fsp3) is 0.250. The minimum atomic E-state index is -0.209. The van der Waals surface area contributed by atoms with Gasteiger partial charge in [0.2, 0.25) is 0 Å². The topological polar surface area (TPSA) is 55.1 Å². The second-order valence-corrected chi connectivity index (χ2v) is 3.62. The number of amides is 1. The molecule has 0 aliphatic rings. The lowest BCUT2D eigenvalue weighted by Crippen LogP contribution is -2.24. The van der Waals surface area contributed by atoms with Crippen molar-refractivity contribution in [1.82, 2.24) is 10.5 Å². The SMILES string of the molecule is C=C(Br)CNC(=O)c1cnoc1C. The molecule has 1 N–H and O–H groups in total. The fourth-order valence-corrected chi connectivity index (χ4v) is 0.928. The van der Waals surface area contributed by atoms with E-state index in [4.69, 9.17) is 4.52 Å². The molecule has 0 unspecified atom stereocenters. The maximum atomic E-state index is 11.4. The van der Waals surface area contributed by atoms with Gasteiger partial charge in [0.15, 0.2) is 0 Å². The van der Waals surface area contributed by atoms with Crippen molar-refractivity contribution in [3.8, 4) is 0 Å². The summed E-state index contributed by atoms with van der Waals surface area (Å²) in [7, 11) is 0. The normalized spacial score (nSPS) is 9.69. The number of carbonyl (C=O) groups excluding carboxylic acids is 1. The molecule has 0 fully saturated rings. The summed E-state index contributed by atoms with van der Waals surface area (Å²) in [5, 5.41) is 6.14. The van der Waals surface area contributed by atoms with Crippen LogP contribution in [0, 0.1) is 6.92 Å². The van der Waals surface area contributed by atoms with Crippen molar-refractivity contribution >= 4 is 21.8 Å². The van der Waals surface area contributed by atoms with E-state index >= 15 is 0 Å². The van der Waals surface area contributed by atoms with Gasteiger partial charge in [0.05, 0.1) is 6.20 Å². The van der Waals surface area contributed by atoms with Gasteiger partial charge in [0.25, 0.3) is 5.91 Å². The maximum Gasteiger partial charge on any atom is 0.256 e. The van der Waals surface area contributed by atoms with Crippen LogP contribution in [0.4, 0.5) is 0 Å². The van der Waals surface area contributed by atoms with Gasteiger partial charge in [-0.2, -0.15) is 0 Å². The van der Waals surface area contributed by atoms with Crippen molar-refractivity contribution in [2.24, 2.45) is 0 Å². The Kier molecular flexibility index (Phi) is 3.25. The minimum absolute atomic E-state index is 0.209. The lowest BCUT2D eigenvalue weighted by Gasteiger charge is -2.00. The van der Waals surface area contributed by atoms with Gasteiger partial charge in [-0.3, -0.25) is 4.79 Å². The number of aromatic nitrogens is 1. The van der Waals surface area contributed by atoms with Crippen LogP contribution in [0.2, 0.25) is 0 Å². The molecule has 70 valence electrons. The van der Waals surface area contributed by atoms with Gasteiger partial charge in [0.1, 0.15) is 11.3 Å². The third-order valence-corrected chi connectivity index (χ3v) is 1.72. The molecular formula is C8H9BrN2O2. The first-order valence-corrected chi connectivity index (χ1v) is 4.43. The number of hydrogen-bond acceptors (Lipinski definition) is 3. The first-order valence-electron chi connectivity index (χ1n) is 3.64. The molecule has 0 radical (unpaired) electrons. The standard InChI is InChI=1S/C8H9BrN2O2/c1-5(9)3-10-8(12)7-4-11-13-6(7)2/h4H,1,3H2,2H3,(H,10,12). The summed E-state index contributed by atoms with van der Waals surface area (Å²) in [5.41, 5.74) is 0.453. The van der Waals surface area contributed by atoms with Crippen LogP contribution in [0.25, 0.3) is 0 Å². The highest BCUT2D eigenvalue weighted by molar-refractivity contribution is 9.11. The summed E-state index contributed by atoms with van der Waals surface area (Å²) in [5.74, 6) is 0.303. The van der Waals surface area contributed by atoms with E-state index in [-0.39, 0.29) is 5.91 Å². The molecule has 4 nitrogen and oxygen atoms in total. The average Bonchev–Trinajstić information content (AvgIpc) is 2.47. The Balaban J connectivity index is 2.59. The molecule has 1 amide bonds. The molecule has 0 atom stereocenters. The first kappa shape index (κ1) is 9.98. The summed E-state index contributed by atoms with van der Waals surface area (Å²) in [4.78, 5) is 11.4. The van der Waals surface area contributed by atoms with E-state index < -0.39 is 0 Å². The Hall–Kier alpha value is -1.10. The van der Waals surface area contributed by atoms with Gasteiger partial charge in [-0.25, -0.2) is 0 Å². The van der Waals surface area contributed by atoms with E-state index in [1.807, 2.05) is 0 Å². The molecule has 1 heterocycles. The van der Waals surface area contributed by atoms with Crippen molar-refractivity contribution in [2.45, 2.75) is 6.92 Å². The van der Waals surface area contributed by atoms with Crippen LogP contribution < -0.4 is 5.32 Å². The molecule has 0 spiro atoms. The number of aryl methyl sites for hydroxylation is 1. The predicted octanol–water partition coefficient (Wildman–Crippen LogP) is 1.62. The van der Waals surface area contributed by atoms with Crippen molar-refractivity contribution in [3.63, 3.8) is 0 Å². The Morgan fingerprint density at radius 1 is 1.85 bits per heavy atom. The molecule has 0 bridgehead atoms. The monoisotopic (exact) mass is 244 g/mol. The second-order valence-electron chi connectivity index (χ2n) is 2.50. The van der Waals surface area contributed by atoms with Crippen LogP contribution in [0.5, 0.6) is 0 Å². The van der Waals surface area contributed by atoms with Crippen LogP contribution in [-0.4, -0.2) is 17.6 Å². The van der Waals surface area contributed by atoms with Crippen molar-refractivity contribution in [1.29, 1.82) is 0 Å². The average molecular weight is 245 g/mol. The Morgan fingerprint density at radius 3 is 3.00 bits per heavy atom. The zero-order valence-electron chi connectivity index (χ0n) is 7.13. The van der Waals surface area contributed by atoms with Crippen LogP contribution in [-0.2, 0) is 0 Å². The third kappa shape index (κ3) is 2.69. The molecule has 1 rings (SSSR count). The van der Waals surface area contributed by atoms with Crippen LogP contribution in [0.3, 0.4) is 0 Å². The Morgan fingerprint density at radius 2 is 2.54 bits per heavy atom. The van der Waals surface area contributed by atoms with Crippen LogP contribution >= 0.6 is 15.9 Å². The zero-order chi connectivity index (χ0) is 9.84. The quantitative estimate of drug-likeness (QED) is 0.880. The largest absolute Gasteiger partial charge is 0.361 e. The Bertz CT molecular complexity index is 333. The van der Waals surface area contributed by atoms with Gasteiger partial charge in [-0.15, -0.1) is 0 Å². The number of halogens is 1. The van der Waals surface area contributed by atoms with Gasteiger partial charge in [0, 0.05) is 11.0 Å². The van der Waals surface area contributed by atoms with Crippen molar-refractivity contribution < 1.29 is 9.32 Å². The van der Waals surface area contributed by atoms with Gasteiger partial charge < -0.3 is 9.84 Å². The molecule has 5 heteroatoms. The molecule has 0 saturated carbocycles. The zero-order valence-corrected chi connectivity index (χ0v) is 8.72. The van der Waals surface area contributed by atoms with Crippen molar-refractivity contribution in [3.05, 3.63) is 28.6 Å². The third-order valence-electron chi connectivity index (χ3n) is 1.44. The van der Waals surface area contributed by atoms with E-state index in [1.54, 1.807) is 6.92 Å². The summed E-state index contributed by atoms with van der Waals surface area (Å²) >= 11 is 3.14. The van der Waals surface area contributed by atoms with E-state index in [0.29, 0.717) is 17.9 Å². The summed E-state index contributed by atoms with van der Waals surface area (Å²) in [6.07, 6.45) is 1.39. The Labute approximate surface area is 84.1 Å². The van der Waals surface area contributed by atoms with E-state index in [0.717, 1.165) is 4.48 Å². The van der Waals surface area contributed by atoms with E-state index in [9.17, 15) is 4.79 Å². The molecular weight excluding hydrogens is 236 g/mol. The number of rotatable bonds is 3. The van der Waals surface area contributed by atoms with Crippen molar-refractivity contribution in [2.75, 3.05) is 6.54 Å². The lowest BCUT2D eigenvalue weighted by atomic mass is 10.2. The number of carbonyl (C=O) groups is 1. The van der Waals surface area contributed by atoms with E-state index in [1.165, 1.54) is 6.20 Å². The van der Waals surface area contributed by atoms with Gasteiger partial charge in [-0.1, -0.05) is 27.7 Å².